The van der Waals surface area contributed by atoms with Gasteiger partial charge in [0.05, 0.1) is 5.60 Å². The topological polar surface area (TPSA) is 59.0 Å². The van der Waals surface area contributed by atoms with Crippen LogP contribution in [0.4, 0.5) is 4.79 Å². The molecule has 1 amide bonds. The average Bonchev–Trinajstić information content (AvgIpc) is 2.78. The summed E-state index contributed by atoms with van der Waals surface area (Å²) in [4.78, 5) is 14.0. The Morgan fingerprint density at radius 3 is 2.13 bits per heavy atom. The molecular formula is C17H35NO4Si. The van der Waals surface area contributed by atoms with Crippen LogP contribution in [0.5, 0.6) is 0 Å². The number of likely N-dealkylation sites (tertiary alicyclic amines) is 1. The summed E-state index contributed by atoms with van der Waals surface area (Å²) in [6, 6.07) is 0. The van der Waals surface area contributed by atoms with E-state index in [-0.39, 0.29) is 35.2 Å². The van der Waals surface area contributed by atoms with Crippen LogP contribution in [0.1, 0.15) is 55.4 Å². The molecule has 136 valence electrons. The lowest BCUT2D eigenvalue weighted by atomic mass is 9.83. The minimum absolute atomic E-state index is 0.0338. The number of nitrogens with zero attached hydrogens (tertiary/aromatic N) is 1. The lowest BCUT2D eigenvalue weighted by molar-refractivity contribution is 0.0130. The second kappa shape index (κ2) is 7.11. The van der Waals surface area contributed by atoms with Gasteiger partial charge in [-0.05, 0) is 39.7 Å². The van der Waals surface area contributed by atoms with Crippen LogP contribution in [0.3, 0.4) is 0 Å². The van der Waals surface area contributed by atoms with E-state index in [4.69, 9.17) is 9.16 Å². The summed E-state index contributed by atoms with van der Waals surface area (Å²) < 4.78 is 11.8. The maximum Gasteiger partial charge on any atom is 0.410 e. The zero-order valence-corrected chi connectivity index (χ0v) is 17.5. The third kappa shape index (κ3) is 6.43. The lowest BCUT2D eigenvalue weighted by Gasteiger charge is -2.37. The molecule has 0 aromatic carbocycles. The number of hydrogen-bond acceptors (Lipinski definition) is 4. The van der Waals surface area contributed by atoms with Crippen molar-refractivity contribution >= 4 is 15.9 Å². The number of carbonyl (C=O) groups is 1. The summed E-state index contributed by atoms with van der Waals surface area (Å²) in [5.74, 6) is 0.154. The van der Waals surface area contributed by atoms with Crippen LogP contribution in [-0.4, -0.2) is 56.8 Å². The zero-order valence-electron chi connectivity index (χ0n) is 16.1. The van der Waals surface area contributed by atoms with Crippen molar-refractivity contribution in [2.24, 2.45) is 11.8 Å². The number of hydrogen-bond donors (Lipinski definition) is 1. The molecule has 6 heteroatoms. The highest BCUT2D eigenvalue weighted by Crippen LogP contribution is 2.36. The summed E-state index contributed by atoms with van der Waals surface area (Å²) in [5.41, 5.74) is -0.849. The van der Waals surface area contributed by atoms with Gasteiger partial charge in [-0.2, -0.15) is 0 Å². The third-order valence-electron chi connectivity index (χ3n) is 4.10. The van der Waals surface area contributed by atoms with Gasteiger partial charge in [-0.3, -0.25) is 0 Å². The molecule has 0 bridgehead atoms. The molecule has 2 atom stereocenters. The van der Waals surface area contributed by atoms with Crippen molar-refractivity contribution in [3.63, 3.8) is 0 Å². The molecule has 0 unspecified atom stereocenters. The first-order valence-electron chi connectivity index (χ1n) is 8.48. The monoisotopic (exact) mass is 345 g/mol. The Balaban J connectivity index is 2.77. The van der Waals surface area contributed by atoms with E-state index in [9.17, 15) is 9.90 Å². The number of amides is 1. The van der Waals surface area contributed by atoms with Crippen LogP contribution in [0, 0.1) is 11.8 Å². The minimum atomic E-state index is -0.699. The number of aliphatic hydroxyl groups excluding tert-OH is 1. The van der Waals surface area contributed by atoms with Gasteiger partial charge in [0.1, 0.15) is 5.60 Å². The first-order chi connectivity index (χ1) is 10.2. The van der Waals surface area contributed by atoms with Gasteiger partial charge in [-0.25, -0.2) is 4.79 Å². The maximum absolute atomic E-state index is 12.3. The van der Waals surface area contributed by atoms with E-state index in [0.29, 0.717) is 13.1 Å². The van der Waals surface area contributed by atoms with Crippen molar-refractivity contribution in [1.82, 2.24) is 4.90 Å². The summed E-state index contributed by atoms with van der Waals surface area (Å²) in [5, 5.41) is 9.95. The molecule has 0 aliphatic carbocycles. The number of rotatable bonds is 4. The van der Waals surface area contributed by atoms with Crippen molar-refractivity contribution in [2.45, 2.75) is 71.6 Å². The molecule has 1 rings (SSSR count). The molecule has 1 saturated heterocycles. The standard InChI is InChI=1S/C17H35NO4Si/c1-15(2,3)21-14(20)18-9-12(11-19)13(10-18)17(7,8)22-23-16(4,5)6/h12-13,19H,9-11,23H2,1-8H3/t12-,13+/m1/s1. The van der Waals surface area contributed by atoms with Crippen LogP contribution < -0.4 is 0 Å². The predicted octanol–water partition coefficient (Wildman–Crippen LogP) is 2.56. The summed E-state index contributed by atoms with van der Waals surface area (Å²) in [6.45, 7) is 17.5. The normalized spacial score (nSPS) is 23.8. The quantitative estimate of drug-likeness (QED) is 0.796. The van der Waals surface area contributed by atoms with Gasteiger partial charge >= 0.3 is 6.09 Å². The lowest BCUT2D eigenvalue weighted by Crippen LogP contribution is -2.43. The molecule has 1 aliphatic rings. The summed E-state index contributed by atoms with van der Waals surface area (Å²) in [6.07, 6.45) is -0.303. The molecule has 1 fully saturated rings. The Bertz CT molecular complexity index is 412. The summed E-state index contributed by atoms with van der Waals surface area (Å²) in [7, 11) is -0.699. The van der Waals surface area contributed by atoms with Crippen molar-refractivity contribution in [1.29, 1.82) is 0 Å². The van der Waals surface area contributed by atoms with E-state index in [1.54, 1.807) is 4.90 Å². The minimum Gasteiger partial charge on any atom is -0.444 e. The van der Waals surface area contributed by atoms with Crippen molar-refractivity contribution in [3.05, 3.63) is 0 Å². The third-order valence-corrected chi connectivity index (χ3v) is 5.85. The van der Waals surface area contributed by atoms with Crippen LogP contribution in [-0.2, 0) is 9.16 Å². The molecule has 0 spiro atoms. The molecule has 1 aliphatic heterocycles. The second-order valence-electron chi connectivity index (χ2n) is 9.39. The predicted molar refractivity (Wildman–Crippen MR) is 95.3 cm³/mol. The van der Waals surface area contributed by atoms with Gasteiger partial charge in [0, 0.05) is 31.5 Å². The molecule has 0 saturated carbocycles. The van der Waals surface area contributed by atoms with Gasteiger partial charge in [0.25, 0.3) is 0 Å². The van der Waals surface area contributed by atoms with Crippen molar-refractivity contribution in [2.75, 3.05) is 19.7 Å². The summed E-state index contributed by atoms with van der Waals surface area (Å²) >= 11 is 0. The van der Waals surface area contributed by atoms with Crippen molar-refractivity contribution < 1.29 is 19.1 Å². The van der Waals surface area contributed by atoms with Gasteiger partial charge in [0.2, 0.25) is 0 Å². The van der Waals surface area contributed by atoms with Crippen LogP contribution in [0.15, 0.2) is 0 Å². The van der Waals surface area contributed by atoms with E-state index < -0.39 is 15.4 Å². The van der Waals surface area contributed by atoms with Crippen LogP contribution in [0.25, 0.3) is 0 Å². The Morgan fingerprint density at radius 2 is 1.70 bits per heavy atom. The van der Waals surface area contributed by atoms with Gasteiger partial charge in [0.15, 0.2) is 9.76 Å². The zero-order chi connectivity index (χ0) is 18.1. The highest BCUT2D eigenvalue weighted by molar-refractivity contribution is 6.31. The van der Waals surface area contributed by atoms with Gasteiger partial charge in [-0.1, -0.05) is 20.8 Å². The van der Waals surface area contributed by atoms with Gasteiger partial charge in [-0.15, -0.1) is 0 Å². The Kier molecular flexibility index (Phi) is 6.32. The average molecular weight is 346 g/mol. The second-order valence-corrected chi connectivity index (χ2v) is 12.1. The molecule has 0 aromatic rings. The van der Waals surface area contributed by atoms with E-state index in [0.717, 1.165) is 0 Å². The van der Waals surface area contributed by atoms with E-state index in [1.807, 2.05) is 20.8 Å². The Hall–Kier alpha value is -0.593. The fraction of sp³-hybridized carbons (Fsp3) is 0.941. The molecule has 0 aromatic heterocycles. The molecule has 1 N–H and O–H groups in total. The molecular weight excluding hydrogens is 310 g/mol. The number of ether oxygens (including phenoxy) is 1. The molecule has 1 heterocycles. The highest BCUT2D eigenvalue weighted by atomic mass is 28.2. The molecule has 5 nitrogen and oxygen atoms in total. The Morgan fingerprint density at radius 1 is 1.13 bits per heavy atom. The van der Waals surface area contributed by atoms with Crippen molar-refractivity contribution in [3.8, 4) is 0 Å². The Labute approximate surface area is 143 Å². The highest BCUT2D eigenvalue weighted by Gasteiger charge is 2.45. The van der Waals surface area contributed by atoms with Crippen LogP contribution in [0.2, 0.25) is 5.04 Å². The molecule has 0 radical (unpaired) electrons. The fourth-order valence-corrected chi connectivity index (χ4v) is 3.85. The first-order valence-corrected chi connectivity index (χ1v) is 9.76. The largest absolute Gasteiger partial charge is 0.444 e. The SMILES string of the molecule is CC(C)(C)OC(=O)N1C[C@H](CO)[C@@H](C(C)(C)O[SiH2]C(C)(C)C)C1. The van der Waals surface area contributed by atoms with E-state index in [2.05, 4.69) is 34.6 Å². The first kappa shape index (κ1) is 20.5. The van der Waals surface area contributed by atoms with Crippen LogP contribution >= 0.6 is 0 Å². The molecule has 23 heavy (non-hydrogen) atoms. The maximum atomic E-state index is 12.3. The number of aliphatic hydroxyl groups is 1. The smallest absolute Gasteiger partial charge is 0.410 e. The van der Waals surface area contributed by atoms with E-state index in [1.165, 1.54) is 0 Å². The fourth-order valence-electron chi connectivity index (χ4n) is 2.83. The van der Waals surface area contributed by atoms with Gasteiger partial charge < -0.3 is 19.2 Å². The van der Waals surface area contributed by atoms with E-state index >= 15 is 0 Å². The number of carbonyl (C=O) groups excluding carboxylic acids is 1.